The first-order valence-electron chi connectivity index (χ1n) is 7.04. The molecule has 1 fully saturated rings. The summed E-state index contributed by atoms with van der Waals surface area (Å²) in [6.07, 6.45) is 5.55. The highest BCUT2D eigenvalue weighted by Crippen LogP contribution is 2.25. The summed E-state index contributed by atoms with van der Waals surface area (Å²) in [5.41, 5.74) is 5.62. The average Bonchev–Trinajstić information content (AvgIpc) is 2.26. The highest BCUT2D eigenvalue weighted by atomic mass is 127. The van der Waals surface area contributed by atoms with Gasteiger partial charge in [-0.15, -0.1) is 24.0 Å². The molecule has 8 heteroatoms. The molecule has 0 atom stereocenters. The zero-order chi connectivity index (χ0) is 14.1. The second-order valence-electron chi connectivity index (χ2n) is 5.01. The van der Waals surface area contributed by atoms with E-state index >= 15 is 0 Å². The Hall–Kier alpha value is -0.0900. The van der Waals surface area contributed by atoms with Gasteiger partial charge in [0.05, 0.1) is 5.75 Å². The molecule has 6 nitrogen and oxygen atoms in total. The molecular weight excluding hydrogens is 391 g/mol. The Labute approximate surface area is 139 Å². The second kappa shape index (κ2) is 10.6. The lowest BCUT2D eigenvalue weighted by Gasteiger charge is -2.25. The molecule has 4 N–H and O–H groups in total. The van der Waals surface area contributed by atoms with Gasteiger partial charge in [0.2, 0.25) is 10.0 Å². The van der Waals surface area contributed by atoms with Gasteiger partial charge < -0.3 is 11.1 Å². The van der Waals surface area contributed by atoms with E-state index in [1.165, 1.54) is 6.42 Å². The number of nitrogens with one attached hydrogen (secondary N) is 2. The van der Waals surface area contributed by atoms with Gasteiger partial charge in [0.1, 0.15) is 0 Å². The summed E-state index contributed by atoms with van der Waals surface area (Å²) in [7, 11) is -3.20. The molecule has 0 radical (unpaired) electrons. The lowest BCUT2D eigenvalue weighted by Crippen LogP contribution is -2.39. The van der Waals surface area contributed by atoms with Gasteiger partial charge in [-0.1, -0.05) is 19.8 Å². The zero-order valence-electron chi connectivity index (χ0n) is 12.1. The van der Waals surface area contributed by atoms with E-state index in [0.717, 1.165) is 25.7 Å². The third-order valence-electron chi connectivity index (χ3n) is 3.29. The predicted octanol–water partition coefficient (Wildman–Crippen LogP) is 1.03. The van der Waals surface area contributed by atoms with Crippen LogP contribution < -0.4 is 15.8 Å². The highest BCUT2D eigenvalue weighted by Gasteiger charge is 2.19. The molecular formula is C12H27IN4O2S. The summed E-state index contributed by atoms with van der Waals surface area (Å²) < 4.78 is 26.0. The number of rotatable bonds is 9. The van der Waals surface area contributed by atoms with Crippen molar-refractivity contribution in [3.63, 3.8) is 0 Å². The molecule has 1 rings (SSSR count). The lowest BCUT2D eigenvalue weighted by molar-refractivity contribution is 0.316. The number of hydrogen-bond donors (Lipinski definition) is 3. The van der Waals surface area contributed by atoms with Gasteiger partial charge in [-0.05, 0) is 25.2 Å². The van der Waals surface area contributed by atoms with E-state index in [-0.39, 0.29) is 29.7 Å². The first-order valence-corrected chi connectivity index (χ1v) is 8.70. The van der Waals surface area contributed by atoms with Gasteiger partial charge in [0.15, 0.2) is 5.96 Å². The highest BCUT2D eigenvalue weighted by molar-refractivity contribution is 14.0. The number of hydrogen-bond acceptors (Lipinski definition) is 3. The van der Waals surface area contributed by atoms with Crippen molar-refractivity contribution in [2.75, 3.05) is 25.4 Å². The minimum atomic E-state index is -3.20. The molecule has 0 amide bonds. The molecule has 0 spiro atoms. The molecule has 0 aliphatic heterocycles. The van der Waals surface area contributed by atoms with E-state index < -0.39 is 10.0 Å². The summed E-state index contributed by atoms with van der Waals surface area (Å²) in [6.45, 7) is 3.63. The largest absolute Gasteiger partial charge is 0.370 e. The summed E-state index contributed by atoms with van der Waals surface area (Å²) in [5, 5.41) is 2.82. The van der Waals surface area contributed by atoms with E-state index in [0.29, 0.717) is 31.5 Å². The Morgan fingerprint density at radius 2 is 2.10 bits per heavy atom. The fourth-order valence-corrected chi connectivity index (χ4v) is 2.75. The molecule has 0 aromatic carbocycles. The third-order valence-corrected chi connectivity index (χ3v) is 4.64. The molecule has 1 aliphatic carbocycles. The fraction of sp³-hybridized carbons (Fsp3) is 0.917. The number of sulfonamides is 1. The molecule has 1 aliphatic rings. The van der Waals surface area contributed by atoms with E-state index in [2.05, 4.69) is 22.0 Å². The summed E-state index contributed by atoms with van der Waals surface area (Å²) in [5.74, 6) is 0.884. The number of nitrogens with two attached hydrogens (primary N) is 1. The topological polar surface area (TPSA) is 96.6 Å². The molecule has 0 heterocycles. The minimum Gasteiger partial charge on any atom is -0.370 e. The lowest BCUT2D eigenvalue weighted by atomic mass is 9.86. The van der Waals surface area contributed by atoms with Crippen molar-refractivity contribution in [2.24, 2.45) is 16.6 Å². The van der Waals surface area contributed by atoms with Crippen LogP contribution in [0.1, 0.15) is 39.0 Å². The quantitative estimate of drug-likeness (QED) is 0.226. The van der Waals surface area contributed by atoms with Crippen molar-refractivity contribution >= 4 is 40.0 Å². The number of unbranched alkanes of at least 4 members (excludes halogenated alkanes) is 1. The van der Waals surface area contributed by atoms with Crippen LogP contribution in [0.15, 0.2) is 4.99 Å². The Morgan fingerprint density at radius 1 is 1.40 bits per heavy atom. The predicted molar refractivity (Wildman–Crippen MR) is 93.9 cm³/mol. The van der Waals surface area contributed by atoms with Crippen molar-refractivity contribution in [2.45, 2.75) is 39.0 Å². The van der Waals surface area contributed by atoms with Gasteiger partial charge in [-0.25, -0.2) is 13.1 Å². The third kappa shape index (κ3) is 8.96. The smallest absolute Gasteiger partial charge is 0.213 e. The van der Waals surface area contributed by atoms with Crippen LogP contribution in [0.5, 0.6) is 0 Å². The summed E-state index contributed by atoms with van der Waals surface area (Å²) >= 11 is 0. The number of aliphatic imine (C=N–C) groups is 1. The zero-order valence-corrected chi connectivity index (χ0v) is 15.2. The molecule has 1 saturated carbocycles. The van der Waals surface area contributed by atoms with Gasteiger partial charge in [-0.2, -0.15) is 0 Å². The Bertz CT molecular complexity index is 383. The second-order valence-corrected chi connectivity index (χ2v) is 6.94. The molecule has 0 saturated heterocycles. The fourth-order valence-electron chi connectivity index (χ4n) is 1.74. The standard InChI is InChI=1S/C12H26N4O2S.HI/c1-2-3-7-14-12(13)15-8-9-19(17,18)16-10-11-5-4-6-11;/h11,16H,2-10H2,1H3,(H3,13,14,15);1H. The van der Waals surface area contributed by atoms with Crippen LogP contribution in [-0.4, -0.2) is 39.8 Å². The van der Waals surface area contributed by atoms with Crippen molar-refractivity contribution in [1.82, 2.24) is 10.0 Å². The first-order chi connectivity index (χ1) is 9.03. The van der Waals surface area contributed by atoms with Gasteiger partial charge in [0.25, 0.3) is 0 Å². The van der Waals surface area contributed by atoms with Crippen molar-refractivity contribution in [3.05, 3.63) is 0 Å². The molecule has 0 unspecified atom stereocenters. The first kappa shape index (κ1) is 19.9. The average molecular weight is 418 g/mol. The van der Waals surface area contributed by atoms with Crippen molar-refractivity contribution in [3.8, 4) is 0 Å². The van der Waals surface area contributed by atoms with E-state index in [1.54, 1.807) is 0 Å². The monoisotopic (exact) mass is 418 g/mol. The maximum absolute atomic E-state index is 11.7. The molecule has 0 bridgehead atoms. The van der Waals surface area contributed by atoms with Crippen LogP contribution in [0, 0.1) is 5.92 Å². The Balaban J connectivity index is 0.00000361. The van der Waals surface area contributed by atoms with Gasteiger partial charge in [0, 0.05) is 19.6 Å². The maximum Gasteiger partial charge on any atom is 0.213 e. The van der Waals surface area contributed by atoms with E-state index in [4.69, 9.17) is 5.73 Å². The van der Waals surface area contributed by atoms with Crippen LogP contribution in [0.3, 0.4) is 0 Å². The van der Waals surface area contributed by atoms with Crippen molar-refractivity contribution in [1.29, 1.82) is 0 Å². The normalized spacial score (nSPS) is 16.4. The Kier molecular flexibility index (Phi) is 10.6. The van der Waals surface area contributed by atoms with Gasteiger partial charge >= 0.3 is 0 Å². The van der Waals surface area contributed by atoms with Gasteiger partial charge in [-0.3, -0.25) is 4.99 Å². The molecule has 120 valence electrons. The number of nitrogens with zero attached hydrogens (tertiary/aromatic N) is 1. The summed E-state index contributed by atoms with van der Waals surface area (Å²) in [6, 6.07) is 0. The van der Waals surface area contributed by atoms with Crippen LogP contribution in [0.4, 0.5) is 0 Å². The number of halogens is 1. The number of guanidine groups is 1. The molecule has 0 aromatic heterocycles. The van der Waals surface area contributed by atoms with Crippen LogP contribution in [0.25, 0.3) is 0 Å². The molecule has 0 aromatic rings. The van der Waals surface area contributed by atoms with E-state index in [1.807, 2.05) is 0 Å². The van der Waals surface area contributed by atoms with Crippen LogP contribution >= 0.6 is 24.0 Å². The van der Waals surface area contributed by atoms with Crippen molar-refractivity contribution < 1.29 is 8.42 Å². The van der Waals surface area contributed by atoms with Crippen LogP contribution in [-0.2, 0) is 10.0 Å². The van der Waals surface area contributed by atoms with E-state index in [9.17, 15) is 8.42 Å². The molecule has 20 heavy (non-hydrogen) atoms. The Morgan fingerprint density at radius 3 is 2.65 bits per heavy atom. The van der Waals surface area contributed by atoms with Crippen LogP contribution in [0.2, 0.25) is 0 Å². The minimum absolute atomic E-state index is 0. The SMILES string of the molecule is CCCCN=C(N)NCCS(=O)(=O)NCC1CCC1.I. The summed E-state index contributed by atoms with van der Waals surface area (Å²) in [4.78, 5) is 4.10. The maximum atomic E-state index is 11.7.